The summed E-state index contributed by atoms with van der Waals surface area (Å²) in [5, 5.41) is 2.90. The molecule has 2 N–H and O–H groups in total. The predicted octanol–water partition coefficient (Wildman–Crippen LogP) is 4.40. The van der Waals surface area contributed by atoms with Crippen molar-refractivity contribution in [2.75, 3.05) is 23.8 Å². The number of carbonyl (C=O) groups excluding carboxylic acids is 1. The SMILES string of the molecule is COCCc1ccc(NC(=O)c2ccccc2N[S+]([O-])Cc2ccccc2)cc1. The Balaban J connectivity index is 1.65. The van der Waals surface area contributed by atoms with E-state index < -0.39 is 11.4 Å². The number of anilines is 2. The lowest BCUT2D eigenvalue weighted by atomic mass is 10.1. The first-order valence-electron chi connectivity index (χ1n) is 9.33. The van der Waals surface area contributed by atoms with Gasteiger partial charge in [0.25, 0.3) is 5.91 Å². The van der Waals surface area contributed by atoms with Gasteiger partial charge in [-0.1, -0.05) is 54.6 Å². The molecule has 0 heterocycles. The van der Waals surface area contributed by atoms with Gasteiger partial charge in [-0.3, -0.25) is 4.79 Å². The zero-order valence-corrected chi connectivity index (χ0v) is 17.1. The van der Waals surface area contributed by atoms with Gasteiger partial charge < -0.3 is 14.6 Å². The van der Waals surface area contributed by atoms with Crippen LogP contribution < -0.4 is 10.0 Å². The highest BCUT2D eigenvalue weighted by atomic mass is 32.2. The Morgan fingerprint density at radius 2 is 1.62 bits per heavy atom. The Kier molecular flexibility index (Phi) is 7.69. The number of amides is 1. The van der Waals surface area contributed by atoms with Crippen LogP contribution in [0.3, 0.4) is 0 Å². The number of hydrogen-bond donors (Lipinski definition) is 2. The third-order valence-electron chi connectivity index (χ3n) is 4.34. The van der Waals surface area contributed by atoms with Gasteiger partial charge in [-0.05, 0) is 36.2 Å². The number of carbonyl (C=O) groups is 1. The summed E-state index contributed by atoms with van der Waals surface area (Å²) in [6, 6.07) is 24.3. The fourth-order valence-corrected chi connectivity index (χ4v) is 3.82. The predicted molar refractivity (Wildman–Crippen MR) is 118 cm³/mol. The van der Waals surface area contributed by atoms with E-state index in [0.29, 0.717) is 29.3 Å². The fourth-order valence-electron chi connectivity index (χ4n) is 2.83. The Labute approximate surface area is 174 Å². The molecule has 29 heavy (non-hydrogen) atoms. The van der Waals surface area contributed by atoms with Crippen molar-refractivity contribution in [3.63, 3.8) is 0 Å². The molecule has 5 nitrogen and oxygen atoms in total. The summed E-state index contributed by atoms with van der Waals surface area (Å²) in [4.78, 5) is 12.8. The summed E-state index contributed by atoms with van der Waals surface area (Å²) in [6.45, 7) is 0.658. The lowest BCUT2D eigenvalue weighted by Gasteiger charge is -2.15. The minimum Gasteiger partial charge on any atom is -0.593 e. The van der Waals surface area contributed by atoms with Crippen molar-refractivity contribution in [3.8, 4) is 0 Å². The van der Waals surface area contributed by atoms with Gasteiger partial charge in [0, 0.05) is 18.4 Å². The average Bonchev–Trinajstić information content (AvgIpc) is 2.74. The van der Waals surface area contributed by atoms with E-state index in [-0.39, 0.29) is 5.91 Å². The Bertz CT molecular complexity index is 917. The van der Waals surface area contributed by atoms with Crippen LogP contribution in [-0.2, 0) is 28.3 Å². The van der Waals surface area contributed by atoms with Crippen LogP contribution in [-0.4, -0.2) is 24.2 Å². The molecule has 3 rings (SSSR count). The molecule has 3 aromatic carbocycles. The van der Waals surface area contributed by atoms with Crippen LogP contribution in [0.15, 0.2) is 78.9 Å². The summed E-state index contributed by atoms with van der Waals surface area (Å²) in [6.07, 6.45) is 0.824. The maximum absolute atomic E-state index is 12.8. The van der Waals surface area contributed by atoms with Crippen molar-refractivity contribution in [2.45, 2.75) is 12.2 Å². The van der Waals surface area contributed by atoms with Gasteiger partial charge >= 0.3 is 0 Å². The molecule has 0 spiro atoms. The molecule has 0 aliphatic carbocycles. The maximum Gasteiger partial charge on any atom is 0.257 e. The third kappa shape index (κ3) is 6.35. The van der Waals surface area contributed by atoms with Gasteiger partial charge in [0.2, 0.25) is 0 Å². The number of para-hydroxylation sites is 1. The molecule has 0 bridgehead atoms. The molecule has 0 aliphatic rings. The quantitative estimate of drug-likeness (QED) is 0.515. The average molecular weight is 409 g/mol. The number of nitrogens with one attached hydrogen (secondary N) is 2. The van der Waals surface area contributed by atoms with Crippen LogP contribution in [0.5, 0.6) is 0 Å². The van der Waals surface area contributed by atoms with E-state index in [2.05, 4.69) is 10.0 Å². The van der Waals surface area contributed by atoms with E-state index in [4.69, 9.17) is 4.74 Å². The molecule has 0 fully saturated rings. The number of benzene rings is 3. The van der Waals surface area contributed by atoms with Crippen molar-refractivity contribution in [1.29, 1.82) is 0 Å². The smallest absolute Gasteiger partial charge is 0.257 e. The van der Waals surface area contributed by atoms with E-state index in [9.17, 15) is 9.35 Å². The van der Waals surface area contributed by atoms with Crippen LogP contribution in [0, 0.1) is 0 Å². The molecule has 1 unspecified atom stereocenters. The first-order valence-corrected chi connectivity index (χ1v) is 10.6. The van der Waals surface area contributed by atoms with Crippen LogP contribution >= 0.6 is 0 Å². The number of methoxy groups -OCH3 is 1. The number of hydrogen-bond acceptors (Lipinski definition) is 4. The number of ether oxygens (including phenoxy) is 1. The van der Waals surface area contributed by atoms with E-state index in [0.717, 1.165) is 17.5 Å². The molecule has 0 aliphatic heterocycles. The first kappa shape index (κ1) is 20.9. The van der Waals surface area contributed by atoms with Crippen LogP contribution in [0.4, 0.5) is 11.4 Å². The molecule has 1 amide bonds. The minimum absolute atomic E-state index is 0.255. The monoisotopic (exact) mass is 408 g/mol. The molecule has 0 saturated carbocycles. The zero-order chi connectivity index (χ0) is 20.5. The first-order chi connectivity index (χ1) is 14.2. The van der Waals surface area contributed by atoms with Crippen molar-refractivity contribution in [2.24, 2.45) is 0 Å². The van der Waals surface area contributed by atoms with Crippen LogP contribution in [0.1, 0.15) is 21.5 Å². The summed E-state index contributed by atoms with van der Waals surface area (Å²) < 4.78 is 20.5. The van der Waals surface area contributed by atoms with Crippen molar-refractivity contribution < 1.29 is 14.1 Å². The van der Waals surface area contributed by atoms with Gasteiger partial charge in [0.15, 0.2) is 5.75 Å². The summed E-state index contributed by atoms with van der Waals surface area (Å²) in [7, 11) is 1.67. The zero-order valence-electron chi connectivity index (χ0n) is 16.3. The molecule has 6 heteroatoms. The second kappa shape index (κ2) is 10.7. The van der Waals surface area contributed by atoms with Crippen molar-refractivity contribution in [1.82, 2.24) is 0 Å². The normalized spacial score (nSPS) is 11.7. The van der Waals surface area contributed by atoms with Crippen LogP contribution in [0.2, 0.25) is 0 Å². The Morgan fingerprint density at radius 3 is 2.34 bits per heavy atom. The number of rotatable bonds is 9. The third-order valence-corrected chi connectivity index (χ3v) is 5.39. The van der Waals surface area contributed by atoms with E-state index in [1.165, 1.54) is 0 Å². The molecule has 150 valence electrons. The van der Waals surface area contributed by atoms with Gasteiger partial charge in [-0.25, -0.2) is 4.72 Å². The minimum atomic E-state index is -1.34. The van der Waals surface area contributed by atoms with E-state index in [1.807, 2.05) is 60.7 Å². The van der Waals surface area contributed by atoms with Crippen molar-refractivity contribution >= 4 is 28.6 Å². The van der Waals surface area contributed by atoms with E-state index >= 15 is 0 Å². The second-order valence-corrected chi connectivity index (χ2v) is 7.70. The van der Waals surface area contributed by atoms with Crippen molar-refractivity contribution in [3.05, 3.63) is 95.6 Å². The molecular weight excluding hydrogens is 384 g/mol. The summed E-state index contributed by atoms with van der Waals surface area (Å²) in [5.41, 5.74) is 3.79. The van der Waals surface area contributed by atoms with Gasteiger partial charge in [0.1, 0.15) is 0 Å². The molecule has 0 radical (unpaired) electrons. The van der Waals surface area contributed by atoms with Gasteiger partial charge in [-0.15, -0.1) is 0 Å². The molecule has 0 aromatic heterocycles. The Hall–Kier alpha value is -2.80. The van der Waals surface area contributed by atoms with Gasteiger partial charge in [0.05, 0.1) is 29.2 Å². The largest absolute Gasteiger partial charge is 0.593 e. The molecular formula is C23H24N2O3S. The standard InChI is InChI=1S/C23H24N2O3S/c1-28-16-15-18-11-13-20(14-12-18)24-23(26)21-9-5-6-10-22(21)25-29(27)17-19-7-3-2-4-8-19/h2-14,25H,15-17H2,1H3,(H,24,26). The highest BCUT2D eigenvalue weighted by Crippen LogP contribution is 2.20. The lowest BCUT2D eigenvalue weighted by molar-refractivity contribution is 0.102. The highest BCUT2D eigenvalue weighted by molar-refractivity contribution is 7.91. The maximum atomic E-state index is 12.8. The summed E-state index contributed by atoms with van der Waals surface area (Å²) in [5.74, 6) is 0.106. The van der Waals surface area contributed by atoms with E-state index in [1.54, 1.807) is 25.3 Å². The van der Waals surface area contributed by atoms with Crippen LogP contribution in [0.25, 0.3) is 0 Å². The topological polar surface area (TPSA) is 73.4 Å². The molecule has 0 saturated heterocycles. The Morgan fingerprint density at radius 1 is 0.931 bits per heavy atom. The fraction of sp³-hybridized carbons (Fsp3) is 0.174. The molecule has 3 aromatic rings. The lowest BCUT2D eigenvalue weighted by Crippen LogP contribution is -2.19. The second-order valence-electron chi connectivity index (χ2n) is 6.52. The summed E-state index contributed by atoms with van der Waals surface area (Å²) >= 11 is -1.34. The highest BCUT2D eigenvalue weighted by Gasteiger charge is 2.16. The molecule has 1 atom stereocenters. The van der Waals surface area contributed by atoms with Gasteiger partial charge in [-0.2, -0.15) is 0 Å².